The van der Waals surface area contributed by atoms with Crippen LogP contribution in [0.1, 0.15) is 25.6 Å². The van der Waals surface area contributed by atoms with Gasteiger partial charge in [-0.25, -0.2) is 0 Å². The van der Waals surface area contributed by atoms with Gasteiger partial charge in [0.25, 0.3) is 0 Å². The number of hydrogen-bond acceptors (Lipinski definition) is 5. The summed E-state index contributed by atoms with van der Waals surface area (Å²) in [5.41, 5.74) is 6.91. The molecule has 0 aliphatic carbocycles. The highest BCUT2D eigenvalue weighted by atomic mass is 16.7. The molecule has 0 bridgehead atoms. The number of methoxy groups -OCH3 is 1. The van der Waals surface area contributed by atoms with E-state index in [1.807, 2.05) is 20.9 Å². The van der Waals surface area contributed by atoms with Crippen LogP contribution in [-0.2, 0) is 16.5 Å². The number of aryl methyl sites for hydroxylation is 1. The Hall–Kier alpha value is -1.11. The minimum absolute atomic E-state index is 0.433. The van der Waals surface area contributed by atoms with Crippen molar-refractivity contribution in [3.8, 4) is 5.75 Å². The second-order valence-electron chi connectivity index (χ2n) is 3.53. The molecular weight excluding hydrogens is 222 g/mol. The van der Waals surface area contributed by atoms with Crippen molar-refractivity contribution in [3.63, 3.8) is 0 Å². The zero-order chi connectivity index (χ0) is 12.8. The van der Waals surface area contributed by atoms with Gasteiger partial charge in [0.15, 0.2) is 12.0 Å². The number of aromatic nitrogens is 2. The third kappa shape index (κ3) is 3.18. The number of rotatable bonds is 7. The molecule has 1 unspecified atom stereocenters. The predicted molar refractivity (Wildman–Crippen MR) is 63.7 cm³/mol. The molecular formula is C11H21N3O3. The molecule has 0 aliphatic rings. The first kappa shape index (κ1) is 14.0. The summed E-state index contributed by atoms with van der Waals surface area (Å²) >= 11 is 0. The highest BCUT2D eigenvalue weighted by Gasteiger charge is 2.26. The molecule has 1 atom stereocenters. The first-order valence-corrected chi connectivity index (χ1v) is 5.70. The average Bonchev–Trinajstić information content (AvgIpc) is 2.69. The molecule has 1 aromatic heterocycles. The van der Waals surface area contributed by atoms with Crippen LogP contribution < -0.4 is 10.5 Å². The van der Waals surface area contributed by atoms with Gasteiger partial charge in [-0.15, -0.1) is 0 Å². The molecule has 1 heterocycles. The minimum atomic E-state index is -0.491. The maximum Gasteiger partial charge on any atom is 0.178 e. The molecule has 0 aliphatic heterocycles. The zero-order valence-electron chi connectivity index (χ0n) is 10.8. The second-order valence-corrected chi connectivity index (χ2v) is 3.53. The minimum Gasteiger partial charge on any atom is -0.493 e. The van der Waals surface area contributed by atoms with Crippen molar-refractivity contribution in [3.05, 3.63) is 11.9 Å². The second kappa shape index (κ2) is 6.58. The van der Waals surface area contributed by atoms with Crippen LogP contribution in [0.25, 0.3) is 0 Å². The van der Waals surface area contributed by atoms with E-state index in [0.29, 0.717) is 19.0 Å². The lowest BCUT2D eigenvalue weighted by Crippen LogP contribution is -2.33. The molecule has 2 N–H and O–H groups in total. The van der Waals surface area contributed by atoms with E-state index < -0.39 is 12.3 Å². The fraction of sp³-hybridized carbons (Fsp3) is 0.727. The molecule has 0 saturated heterocycles. The Bertz CT molecular complexity index is 335. The Kier molecular flexibility index (Phi) is 5.40. The van der Waals surface area contributed by atoms with Gasteiger partial charge in [0.2, 0.25) is 0 Å². The van der Waals surface area contributed by atoms with E-state index in [-0.39, 0.29) is 0 Å². The summed E-state index contributed by atoms with van der Waals surface area (Å²) in [6.07, 6.45) is 1.14. The van der Waals surface area contributed by atoms with Crippen LogP contribution in [0, 0.1) is 0 Å². The van der Waals surface area contributed by atoms with E-state index in [0.717, 1.165) is 5.69 Å². The Labute approximate surface area is 102 Å². The Morgan fingerprint density at radius 2 is 1.94 bits per heavy atom. The summed E-state index contributed by atoms with van der Waals surface area (Å²) in [5, 5.41) is 4.11. The van der Waals surface area contributed by atoms with Crippen molar-refractivity contribution < 1.29 is 14.2 Å². The van der Waals surface area contributed by atoms with Gasteiger partial charge < -0.3 is 19.9 Å². The van der Waals surface area contributed by atoms with Crippen molar-refractivity contribution in [2.75, 3.05) is 20.3 Å². The maximum absolute atomic E-state index is 6.14. The molecule has 0 saturated carbocycles. The van der Waals surface area contributed by atoms with E-state index in [2.05, 4.69) is 5.10 Å². The largest absolute Gasteiger partial charge is 0.493 e. The molecule has 0 amide bonds. The summed E-state index contributed by atoms with van der Waals surface area (Å²) in [5.74, 6) is 0.643. The van der Waals surface area contributed by atoms with Crippen LogP contribution in [0.4, 0.5) is 0 Å². The Balaban J connectivity index is 2.90. The van der Waals surface area contributed by atoms with Gasteiger partial charge in [-0.1, -0.05) is 0 Å². The third-order valence-corrected chi connectivity index (χ3v) is 2.44. The van der Waals surface area contributed by atoms with Crippen molar-refractivity contribution in [1.82, 2.24) is 9.78 Å². The van der Waals surface area contributed by atoms with E-state index >= 15 is 0 Å². The highest BCUT2D eigenvalue weighted by Crippen LogP contribution is 2.26. The van der Waals surface area contributed by atoms with Crippen molar-refractivity contribution in [2.45, 2.75) is 26.2 Å². The summed E-state index contributed by atoms with van der Waals surface area (Å²) in [4.78, 5) is 0. The maximum atomic E-state index is 6.14. The lowest BCUT2D eigenvalue weighted by molar-refractivity contribution is -0.150. The lowest BCUT2D eigenvalue weighted by Gasteiger charge is -2.24. The molecule has 98 valence electrons. The number of nitrogens with zero attached hydrogens (tertiary/aromatic N) is 2. The summed E-state index contributed by atoms with van der Waals surface area (Å²) in [7, 11) is 3.40. The van der Waals surface area contributed by atoms with Gasteiger partial charge in [-0.3, -0.25) is 4.68 Å². The Morgan fingerprint density at radius 1 is 1.35 bits per heavy atom. The Morgan fingerprint density at radius 3 is 2.41 bits per heavy atom. The first-order valence-electron chi connectivity index (χ1n) is 5.70. The molecule has 0 spiro atoms. The summed E-state index contributed by atoms with van der Waals surface area (Å²) in [6, 6.07) is -0.433. The quantitative estimate of drug-likeness (QED) is 0.718. The number of hydrogen-bond donors (Lipinski definition) is 1. The lowest BCUT2D eigenvalue weighted by atomic mass is 10.2. The van der Waals surface area contributed by atoms with Gasteiger partial charge >= 0.3 is 0 Å². The molecule has 1 aromatic rings. The van der Waals surface area contributed by atoms with Crippen LogP contribution in [0.15, 0.2) is 6.20 Å². The van der Waals surface area contributed by atoms with Gasteiger partial charge in [0, 0.05) is 20.3 Å². The topological polar surface area (TPSA) is 71.5 Å². The predicted octanol–water partition coefficient (Wildman–Crippen LogP) is 0.828. The normalized spacial score (nSPS) is 13.1. The van der Waals surface area contributed by atoms with E-state index in [1.165, 1.54) is 0 Å². The van der Waals surface area contributed by atoms with Crippen LogP contribution in [0.3, 0.4) is 0 Å². The number of nitrogens with two attached hydrogens (primary N) is 1. The zero-order valence-corrected chi connectivity index (χ0v) is 10.8. The van der Waals surface area contributed by atoms with E-state index in [1.54, 1.807) is 18.0 Å². The monoisotopic (exact) mass is 243 g/mol. The van der Waals surface area contributed by atoms with Gasteiger partial charge in [0.1, 0.15) is 11.7 Å². The summed E-state index contributed by atoms with van der Waals surface area (Å²) < 4.78 is 17.9. The molecule has 17 heavy (non-hydrogen) atoms. The highest BCUT2D eigenvalue weighted by molar-refractivity contribution is 5.28. The standard InChI is InChI=1S/C11H21N3O3/c1-5-16-11(17-6-2)9(12)10-8(15-4)7-13-14(10)3/h7,9,11H,5-6,12H2,1-4H3. The summed E-state index contributed by atoms with van der Waals surface area (Å²) in [6.45, 7) is 4.88. The first-order chi connectivity index (χ1) is 8.15. The average molecular weight is 243 g/mol. The molecule has 0 aromatic carbocycles. The third-order valence-electron chi connectivity index (χ3n) is 2.44. The van der Waals surface area contributed by atoms with Crippen LogP contribution >= 0.6 is 0 Å². The van der Waals surface area contributed by atoms with Crippen LogP contribution in [0.2, 0.25) is 0 Å². The van der Waals surface area contributed by atoms with E-state index in [4.69, 9.17) is 19.9 Å². The fourth-order valence-electron chi connectivity index (χ4n) is 1.68. The van der Waals surface area contributed by atoms with Crippen LogP contribution in [0.5, 0.6) is 5.75 Å². The van der Waals surface area contributed by atoms with Crippen LogP contribution in [-0.4, -0.2) is 36.4 Å². The van der Waals surface area contributed by atoms with Crippen molar-refractivity contribution in [1.29, 1.82) is 0 Å². The molecule has 1 rings (SSSR count). The SMILES string of the molecule is CCOC(OCC)C(N)c1c(OC)cnn1C. The smallest absolute Gasteiger partial charge is 0.178 e. The van der Waals surface area contributed by atoms with Gasteiger partial charge in [-0.2, -0.15) is 5.10 Å². The molecule has 0 radical (unpaired) electrons. The van der Waals surface area contributed by atoms with Crippen molar-refractivity contribution >= 4 is 0 Å². The molecule has 6 nitrogen and oxygen atoms in total. The molecule has 0 fully saturated rings. The fourth-order valence-corrected chi connectivity index (χ4v) is 1.68. The number of ether oxygens (including phenoxy) is 3. The molecule has 6 heteroatoms. The van der Waals surface area contributed by atoms with Gasteiger partial charge in [0.05, 0.1) is 13.3 Å². The van der Waals surface area contributed by atoms with Gasteiger partial charge in [-0.05, 0) is 13.8 Å². The van der Waals surface area contributed by atoms with E-state index in [9.17, 15) is 0 Å². The van der Waals surface area contributed by atoms with Crippen molar-refractivity contribution in [2.24, 2.45) is 12.8 Å².